The molecule has 1 aromatic rings. The molecular formula is C16H26N2S. The van der Waals surface area contributed by atoms with E-state index in [4.69, 9.17) is 0 Å². The Balaban J connectivity index is 1.76. The van der Waals surface area contributed by atoms with Gasteiger partial charge < -0.3 is 10.2 Å². The van der Waals surface area contributed by atoms with Gasteiger partial charge in [0.15, 0.2) is 0 Å². The molecule has 0 heterocycles. The van der Waals surface area contributed by atoms with E-state index in [1.807, 2.05) is 11.8 Å². The van der Waals surface area contributed by atoms with Gasteiger partial charge in [-0.15, -0.1) is 0 Å². The molecule has 3 heteroatoms. The number of rotatable bonds is 5. The third-order valence-electron chi connectivity index (χ3n) is 4.06. The van der Waals surface area contributed by atoms with Crippen LogP contribution in [0.15, 0.2) is 24.3 Å². The zero-order valence-corrected chi connectivity index (χ0v) is 13.2. The van der Waals surface area contributed by atoms with Crippen molar-refractivity contribution >= 4 is 17.4 Å². The van der Waals surface area contributed by atoms with E-state index in [0.29, 0.717) is 0 Å². The van der Waals surface area contributed by atoms with Gasteiger partial charge in [-0.2, -0.15) is 11.8 Å². The first kappa shape index (κ1) is 14.7. The Morgan fingerprint density at radius 2 is 1.74 bits per heavy atom. The van der Waals surface area contributed by atoms with Crippen molar-refractivity contribution in [2.24, 2.45) is 0 Å². The van der Waals surface area contributed by atoms with Crippen LogP contribution in [0, 0.1) is 0 Å². The minimum absolute atomic E-state index is 0.719. The van der Waals surface area contributed by atoms with Crippen LogP contribution in [0.5, 0.6) is 0 Å². The zero-order valence-electron chi connectivity index (χ0n) is 12.4. The van der Waals surface area contributed by atoms with E-state index in [-0.39, 0.29) is 0 Å². The monoisotopic (exact) mass is 278 g/mol. The summed E-state index contributed by atoms with van der Waals surface area (Å²) in [6.45, 7) is 1.00. The zero-order chi connectivity index (χ0) is 13.7. The van der Waals surface area contributed by atoms with Gasteiger partial charge in [-0.3, -0.25) is 0 Å². The van der Waals surface area contributed by atoms with Crippen molar-refractivity contribution < 1.29 is 0 Å². The van der Waals surface area contributed by atoms with E-state index in [0.717, 1.165) is 17.8 Å². The number of anilines is 1. The largest absolute Gasteiger partial charge is 0.378 e. The topological polar surface area (TPSA) is 15.3 Å². The van der Waals surface area contributed by atoms with Gasteiger partial charge in [0.1, 0.15) is 0 Å². The molecule has 0 radical (unpaired) electrons. The lowest BCUT2D eigenvalue weighted by molar-refractivity contribution is 0.379. The number of nitrogens with zero attached hydrogens (tertiary/aromatic N) is 1. The van der Waals surface area contributed by atoms with Crippen molar-refractivity contribution in [3.05, 3.63) is 29.8 Å². The van der Waals surface area contributed by atoms with Crippen LogP contribution in [0.25, 0.3) is 0 Å². The second-order valence-electron chi connectivity index (χ2n) is 5.65. The maximum Gasteiger partial charge on any atom is 0.0361 e. The Morgan fingerprint density at radius 1 is 1.11 bits per heavy atom. The number of nitrogens with one attached hydrogen (secondary N) is 1. The van der Waals surface area contributed by atoms with Crippen LogP contribution < -0.4 is 10.2 Å². The number of hydrogen-bond donors (Lipinski definition) is 1. The summed E-state index contributed by atoms with van der Waals surface area (Å²) in [6.07, 6.45) is 7.66. The second kappa shape index (κ2) is 7.20. The van der Waals surface area contributed by atoms with Crippen LogP contribution >= 0.6 is 11.8 Å². The number of benzene rings is 1. The standard InChI is InChI=1S/C16H26N2S/c1-18(2)15-8-4-13(5-9-15)12-17-14-6-10-16(19-3)11-7-14/h4-5,8-9,14,16-17H,6-7,10-12H2,1-3H3. The highest BCUT2D eigenvalue weighted by Crippen LogP contribution is 2.27. The molecule has 1 aliphatic rings. The lowest BCUT2D eigenvalue weighted by Crippen LogP contribution is -2.33. The first-order chi connectivity index (χ1) is 9.19. The van der Waals surface area contributed by atoms with Crippen LogP contribution in [-0.2, 0) is 6.54 Å². The van der Waals surface area contributed by atoms with Gasteiger partial charge in [-0.05, 0) is 49.6 Å². The second-order valence-corrected chi connectivity index (χ2v) is 6.79. The van der Waals surface area contributed by atoms with Crippen LogP contribution in [0.2, 0.25) is 0 Å². The predicted octanol–water partition coefficient (Wildman–Crippen LogP) is 3.52. The van der Waals surface area contributed by atoms with Crippen molar-refractivity contribution in [3.8, 4) is 0 Å². The molecule has 0 aliphatic heterocycles. The molecule has 0 bridgehead atoms. The Bertz CT molecular complexity index is 367. The molecule has 1 fully saturated rings. The third-order valence-corrected chi connectivity index (χ3v) is 5.19. The lowest BCUT2D eigenvalue weighted by Gasteiger charge is -2.28. The summed E-state index contributed by atoms with van der Waals surface area (Å²) in [5.74, 6) is 0. The van der Waals surface area contributed by atoms with E-state index in [2.05, 4.69) is 54.8 Å². The van der Waals surface area contributed by atoms with E-state index in [9.17, 15) is 0 Å². The molecule has 0 unspecified atom stereocenters. The summed E-state index contributed by atoms with van der Waals surface area (Å²) in [6, 6.07) is 9.58. The number of hydrogen-bond acceptors (Lipinski definition) is 3. The van der Waals surface area contributed by atoms with Crippen LogP contribution in [-0.4, -0.2) is 31.6 Å². The molecule has 19 heavy (non-hydrogen) atoms. The molecule has 0 amide bonds. The fourth-order valence-electron chi connectivity index (χ4n) is 2.68. The van der Waals surface area contributed by atoms with Gasteiger partial charge in [0, 0.05) is 37.6 Å². The molecular weight excluding hydrogens is 252 g/mol. The van der Waals surface area contributed by atoms with E-state index >= 15 is 0 Å². The van der Waals surface area contributed by atoms with Gasteiger partial charge in [0.2, 0.25) is 0 Å². The van der Waals surface area contributed by atoms with E-state index in [1.165, 1.54) is 36.9 Å². The summed E-state index contributed by atoms with van der Waals surface area (Å²) in [7, 11) is 4.16. The van der Waals surface area contributed by atoms with Crippen LogP contribution in [0.4, 0.5) is 5.69 Å². The predicted molar refractivity (Wildman–Crippen MR) is 87.2 cm³/mol. The first-order valence-electron chi connectivity index (χ1n) is 7.21. The third kappa shape index (κ3) is 4.43. The summed E-state index contributed by atoms with van der Waals surface area (Å²) in [5, 5.41) is 4.61. The van der Waals surface area contributed by atoms with Crippen molar-refractivity contribution in [1.82, 2.24) is 5.32 Å². The van der Waals surface area contributed by atoms with Gasteiger partial charge in [-0.25, -0.2) is 0 Å². The Kier molecular flexibility index (Phi) is 5.59. The lowest BCUT2D eigenvalue weighted by atomic mass is 9.95. The molecule has 1 saturated carbocycles. The molecule has 0 spiro atoms. The summed E-state index contributed by atoms with van der Waals surface area (Å²) >= 11 is 2.03. The smallest absolute Gasteiger partial charge is 0.0361 e. The molecule has 2 nitrogen and oxygen atoms in total. The van der Waals surface area contributed by atoms with E-state index < -0.39 is 0 Å². The van der Waals surface area contributed by atoms with Crippen molar-refractivity contribution in [1.29, 1.82) is 0 Å². The highest BCUT2D eigenvalue weighted by molar-refractivity contribution is 7.99. The SMILES string of the molecule is CSC1CCC(NCc2ccc(N(C)C)cc2)CC1. The molecule has 1 aromatic carbocycles. The van der Waals surface area contributed by atoms with Gasteiger partial charge in [0.05, 0.1) is 0 Å². The summed E-state index contributed by atoms with van der Waals surface area (Å²) in [5.41, 5.74) is 2.65. The number of thioether (sulfide) groups is 1. The van der Waals surface area contributed by atoms with Crippen molar-refractivity contribution in [3.63, 3.8) is 0 Å². The van der Waals surface area contributed by atoms with Crippen molar-refractivity contribution in [2.75, 3.05) is 25.3 Å². The fraction of sp³-hybridized carbons (Fsp3) is 0.625. The minimum atomic E-state index is 0.719. The minimum Gasteiger partial charge on any atom is -0.378 e. The highest BCUT2D eigenvalue weighted by atomic mass is 32.2. The van der Waals surface area contributed by atoms with E-state index in [1.54, 1.807) is 0 Å². The van der Waals surface area contributed by atoms with Gasteiger partial charge >= 0.3 is 0 Å². The molecule has 0 aromatic heterocycles. The average molecular weight is 278 g/mol. The van der Waals surface area contributed by atoms with Crippen LogP contribution in [0.3, 0.4) is 0 Å². The maximum atomic E-state index is 3.71. The molecule has 106 valence electrons. The Hall–Kier alpha value is -0.670. The van der Waals surface area contributed by atoms with Crippen molar-refractivity contribution in [2.45, 2.75) is 43.5 Å². The maximum absolute atomic E-state index is 3.71. The molecule has 0 saturated heterocycles. The summed E-state index contributed by atoms with van der Waals surface area (Å²) < 4.78 is 0. The Labute approximate surface area is 122 Å². The Morgan fingerprint density at radius 3 is 2.26 bits per heavy atom. The summed E-state index contributed by atoms with van der Waals surface area (Å²) in [4.78, 5) is 2.14. The highest BCUT2D eigenvalue weighted by Gasteiger charge is 2.19. The molecule has 1 N–H and O–H groups in total. The van der Waals surface area contributed by atoms with Gasteiger partial charge in [0.25, 0.3) is 0 Å². The first-order valence-corrected chi connectivity index (χ1v) is 8.50. The fourth-order valence-corrected chi connectivity index (χ4v) is 3.42. The average Bonchev–Trinajstić information content (AvgIpc) is 2.46. The van der Waals surface area contributed by atoms with Gasteiger partial charge in [-0.1, -0.05) is 12.1 Å². The normalized spacial score (nSPS) is 23.3. The quantitative estimate of drug-likeness (QED) is 0.887. The van der Waals surface area contributed by atoms with Crippen LogP contribution in [0.1, 0.15) is 31.2 Å². The molecule has 0 atom stereocenters. The molecule has 1 aliphatic carbocycles. The molecule has 2 rings (SSSR count).